The van der Waals surface area contributed by atoms with Gasteiger partial charge in [-0.3, -0.25) is 15.3 Å². The van der Waals surface area contributed by atoms with Gasteiger partial charge in [0.25, 0.3) is 0 Å². The van der Waals surface area contributed by atoms with E-state index in [9.17, 15) is 4.79 Å². The Hall–Kier alpha value is -1.38. The highest BCUT2D eigenvalue weighted by molar-refractivity contribution is 14.1. The second kappa shape index (κ2) is 7.93. The Balaban J connectivity index is 2.57. The highest BCUT2D eigenvalue weighted by Gasteiger charge is 2.16. The van der Waals surface area contributed by atoms with Gasteiger partial charge in [-0.1, -0.05) is 35.6 Å². The highest BCUT2D eigenvalue weighted by Crippen LogP contribution is 2.04. The largest absolute Gasteiger partial charge is 0.370 e. The van der Waals surface area contributed by atoms with Gasteiger partial charge in [0.15, 0.2) is 5.96 Å². The van der Waals surface area contributed by atoms with Crippen LogP contribution in [0.2, 0.25) is 0 Å². The number of carbonyl (C=O) groups excluding carboxylic acids is 1. The summed E-state index contributed by atoms with van der Waals surface area (Å²) in [6, 6.07) is 5.05. The van der Waals surface area contributed by atoms with Crippen molar-refractivity contribution < 1.29 is 4.79 Å². The fourth-order valence-electron chi connectivity index (χ4n) is 1.39. The molecule has 1 aromatic heterocycles. The number of pyridine rings is 1. The van der Waals surface area contributed by atoms with Gasteiger partial charge < -0.3 is 11.1 Å². The molecule has 1 heterocycles. The van der Waals surface area contributed by atoms with Crippen LogP contribution in [0.5, 0.6) is 0 Å². The van der Waals surface area contributed by atoms with Crippen molar-refractivity contribution in [3.05, 3.63) is 30.1 Å². The number of nitrogens with one attached hydrogen (secondary N) is 2. The van der Waals surface area contributed by atoms with Gasteiger partial charge in [-0.2, -0.15) is 0 Å². The summed E-state index contributed by atoms with van der Waals surface area (Å²) in [7, 11) is 0. The van der Waals surface area contributed by atoms with Crippen LogP contribution >= 0.6 is 22.6 Å². The van der Waals surface area contributed by atoms with Crippen LogP contribution in [0.3, 0.4) is 0 Å². The monoisotopic (exact) mass is 375 g/mol. The fourth-order valence-corrected chi connectivity index (χ4v) is 1.70. The molecule has 0 aliphatic heterocycles. The molecule has 1 atom stereocenters. The molecule has 1 aromatic rings. The van der Waals surface area contributed by atoms with Gasteiger partial charge in [0.05, 0.1) is 12.2 Å². The van der Waals surface area contributed by atoms with Crippen molar-refractivity contribution in [2.45, 2.75) is 23.8 Å². The molecule has 0 saturated heterocycles. The standard InChI is InChI=1S/C12H18IN5O/c1-9(13)5-7-17-12(19)18(11(14)15)8-10-4-2-3-6-16-10/h2-4,6,9H,5,7-8H2,1H3,(H3,14,15)(H,17,19). The first-order valence-corrected chi connectivity index (χ1v) is 7.18. The van der Waals surface area contributed by atoms with Crippen LogP contribution in [-0.4, -0.2) is 32.3 Å². The molecule has 0 bridgehead atoms. The minimum atomic E-state index is -0.366. The van der Waals surface area contributed by atoms with Crippen LogP contribution in [0.25, 0.3) is 0 Å². The molecule has 4 N–H and O–H groups in total. The lowest BCUT2D eigenvalue weighted by Gasteiger charge is -2.20. The van der Waals surface area contributed by atoms with E-state index in [2.05, 4.69) is 39.8 Å². The van der Waals surface area contributed by atoms with E-state index in [4.69, 9.17) is 11.1 Å². The van der Waals surface area contributed by atoms with Crippen molar-refractivity contribution in [1.82, 2.24) is 15.2 Å². The zero-order valence-corrected chi connectivity index (χ0v) is 12.9. The number of alkyl halides is 1. The summed E-state index contributed by atoms with van der Waals surface area (Å²) in [5.74, 6) is -0.286. The van der Waals surface area contributed by atoms with Crippen LogP contribution in [0.15, 0.2) is 24.4 Å². The molecule has 0 spiro atoms. The first kappa shape index (κ1) is 15.7. The Kier molecular flexibility index (Phi) is 6.54. The van der Waals surface area contributed by atoms with Gasteiger partial charge in [0.1, 0.15) is 0 Å². The number of aromatic nitrogens is 1. The lowest BCUT2D eigenvalue weighted by molar-refractivity contribution is 0.218. The number of urea groups is 1. The van der Waals surface area contributed by atoms with Crippen LogP contribution in [0.4, 0.5) is 4.79 Å². The Bertz CT molecular complexity index is 423. The Morgan fingerprint density at radius 2 is 2.37 bits per heavy atom. The van der Waals surface area contributed by atoms with Crippen molar-refractivity contribution in [2.75, 3.05) is 6.54 Å². The number of nitrogens with two attached hydrogens (primary N) is 1. The second-order valence-electron chi connectivity index (χ2n) is 4.09. The van der Waals surface area contributed by atoms with Crippen LogP contribution < -0.4 is 11.1 Å². The number of amides is 2. The minimum absolute atomic E-state index is 0.196. The molecule has 0 aliphatic rings. The zero-order valence-electron chi connectivity index (χ0n) is 10.8. The predicted molar refractivity (Wildman–Crippen MR) is 83.2 cm³/mol. The number of halogens is 1. The molecule has 0 saturated carbocycles. The Morgan fingerprint density at radius 3 is 2.89 bits per heavy atom. The van der Waals surface area contributed by atoms with E-state index in [-0.39, 0.29) is 18.5 Å². The lowest BCUT2D eigenvalue weighted by Crippen LogP contribution is -2.46. The summed E-state index contributed by atoms with van der Waals surface area (Å²) in [6.45, 7) is 2.83. The average Bonchev–Trinajstić information content (AvgIpc) is 2.36. The SMILES string of the molecule is CC(I)CCNC(=O)N(Cc1ccccn1)C(=N)N. The van der Waals surface area contributed by atoms with Crippen LogP contribution in [0, 0.1) is 5.41 Å². The van der Waals surface area contributed by atoms with Gasteiger partial charge in [-0.15, -0.1) is 0 Å². The molecule has 104 valence electrons. The Morgan fingerprint density at radius 1 is 1.63 bits per heavy atom. The van der Waals surface area contributed by atoms with Gasteiger partial charge in [-0.25, -0.2) is 4.79 Å². The molecular formula is C12H18IN5O. The van der Waals surface area contributed by atoms with E-state index in [0.717, 1.165) is 6.42 Å². The molecule has 2 amide bonds. The Labute approximate surface area is 126 Å². The van der Waals surface area contributed by atoms with Gasteiger partial charge in [-0.05, 0) is 18.6 Å². The first-order valence-electron chi connectivity index (χ1n) is 5.94. The molecule has 0 aliphatic carbocycles. The molecule has 1 unspecified atom stereocenters. The van der Waals surface area contributed by atoms with Crippen LogP contribution in [0.1, 0.15) is 19.0 Å². The summed E-state index contributed by atoms with van der Waals surface area (Å²) in [4.78, 5) is 17.2. The maximum atomic E-state index is 11.9. The highest BCUT2D eigenvalue weighted by atomic mass is 127. The number of hydrogen-bond acceptors (Lipinski definition) is 3. The van der Waals surface area contributed by atoms with Crippen molar-refractivity contribution >= 4 is 34.6 Å². The van der Waals surface area contributed by atoms with Gasteiger partial charge in [0.2, 0.25) is 0 Å². The molecular weight excluding hydrogens is 357 g/mol. The molecule has 7 heteroatoms. The van der Waals surface area contributed by atoms with Crippen molar-refractivity contribution in [2.24, 2.45) is 5.73 Å². The average molecular weight is 375 g/mol. The van der Waals surface area contributed by atoms with Gasteiger partial charge >= 0.3 is 6.03 Å². The zero-order chi connectivity index (χ0) is 14.3. The van der Waals surface area contributed by atoms with Crippen molar-refractivity contribution in [3.63, 3.8) is 0 Å². The normalized spacial score (nSPS) is 11.7. The summed E-state index contributed by atoms with van der Waals surface area (Å²) in [5, 5.41) is 10.2. The predicted octanol–water partition coefficient (Wildman–Crippen LogP) is 1.70. The summed E-state index contributed by atoms with van der Waals surface area (Å²) < 4.78 is 0.486. The lowest BCUT2D eigenvalue weighted by atomic mass is 10.3. The molecule has 0 fully saturated rings. The van der Waals surface area contributed by atoms with E-state index in [1.807, 2.05) is 6.07 Å². The molecule has 6 nitrogen and oxygen atoms in total. The molecule has 0 aromatic carbocycles. The molecule has 1 rings (SSSR count). The number of hydrogen-bond donors (Lipinski definition) is 3. The molecule has 0 radical (unpaired) electrons. The maximum Gasteiger partial charge on any atom is 0.324 e. The number of rotatable bonds is 5. The fraction of sp³-hybridized carbons (Fsp3) is 0.417. The summed E-state index contributed by atoms with van der Waals surface area (Å²) in [6.07, 6.45) is 2.52. The number of nitrogens with zero attached hydrogens (tertiary/aromatic N) is 2. The van der Waals surface area contributed by atoms with Crippen molar-refractivity contribution in [1.29, 1.82) is 5.41 Å². The van der Waals surface area contributed by atoms with E-state index in [1.165, 1.54) is 4.90 Å². The topological polar surface area (TPSA) is 95.1 Å². The molecule has 19 heavy (non-hydrogen) atoms. The first-order chi connectivity index (χ1) is 9.00. The van der Waals surface area contributed by atoms with E-state index < -0.39 is 0 Å². The van der Waals surface area contributed by atoms with Crippen LogP contribution in [-0.2, 0) is 6.54 Å². The van der Waals surface area contributed by atoms with E-state index in [1.54, 1.807) is 18.3 Å². The quantitative estimate of drug-likeness (QED) is 0.316. The summed E-state index contributed by atoms with van der Waals surface area (Å²) in [5.41, 5.74) is 6.13. The third-order valence-corrected chi connectivity index (χ3v) is 3.02. The number of guanidine groups is 1. The van der Waals surface area contributed by atoms with Crippen molar-refractivity contribution in [3.8, 4) is 0 Å². The third-order valence-electron chi connectivity index (χ3n) is 2.40. The number of carbonyl (C=O) groups is 1. The smallest absolute Gasteiger partial charge is 0.324 e. The van der Waals surface area contributed by atoms with Gasteiger partial charge in [0, 0.05) is 16.7 Å². The van der Waals surface area contributed by atoms with E-state index >= 15 is 0 Å². The third kappa shape index (κ3) is 5.86. The maximum absolute atomic E-state index is 11.9. The summed E-state index contributed by atoms with van der Waals surface area (Å²) >= 11 is 2.30. The second-order valence-corrected chi connectivity index (χ2v) is 6.22. The minimum Gasteiger partial charge on any atom is -0.370 e. The van der Waals surface area contributed by atoms with E-state index in [0.29, 0.717) is 16.2 Å².